The Morgan fingerprint density at radius 2 is 1.79 bits per heavy atom. The molecule has 5 rings (SSSR count). The first-order chi connectivity index (χ1) is 14.3. The molecule has 1 aliphatic heterocycles. The zero-order valence-corrected chi connectivity index (χ0v) is 16.0. The molecule has 0 radical (unpaired) electrons. The van der Waals surface area contributed by atoms with Gasteiger partial charge in [0.05, 0.1) is 25.7 Å². The number of ether oxygens (including phenoxy) is 2. The highest BCUT2D eigenvalue weighted by molar-refractivity contribution is 5.80. The topological polar surface area (TPSA) is 60.4 Å². The van der Waals surface area contributed by atoms with Crippen LogP contribution in [0.2, 0.25) is 0 Å². The third-order valence-electron chi connectivity index (χ3n) is 5.04. The molecule has 4 aromatic rings. The molecule has 0 unspecified atom stereocenters. The molecule has 1 fully saturated rings. The maximum Gasteiger partial charge on any atom is 0.240 e. The summed E-state index contributed by atoms with van der Waals surface area (Å²) in [7, 11) is 1.65. The minimum Gasteiger partial charge on any atom is -0.497 e. The number of hydrogen-bond acceptors (Lipinski definition) is 6. The third kappa shape index (κ3) is 3.45. The summed E-state index contributed by atoms with van der Waals surface area (Å²) in [5.41, 5.74) is 2.64. The van der Waals surface area contributed by atoms with Gasteiger partial charge in [-0.05, 0) is 30.3 Å². The van der Waals surface area contributed by atoms with Crippen LogP contribution in [0.1, 0.15) is 0 Å². The number of fused-ring (bicyclic) bond motifs is 1. The van der Waals surface area contributed by atoms with Crippen LogP contribution in [-0.4, -0.2) is 41.3 Å². The number of nitrogens with zero attached hydrogens (tertiary/aromatic N) is 4. The second-order valence-electron chi connectivity index (χ2n) is 6.95. The van der Waals surface area contributed by atoms with E-state index in [1.807, 2.05) is 42.5 Å². The van der Waals surface area contributed by atoms with Crippen LogP contribution in [0.25, 0.3) is 22.2 Å². The highest BCUT2D eigenvalue weighted by atomic mass is 16.5. The van der Waals surface area contributed by atoms with E-state index in [4.69, 9.17) is 14.5 Å². The van der Waals surface area contributed by atoms with E-state index in [0.29, 0.717) is 11.6 Å². The van der Waals surface area contributed by atoms with Gasteiger partial charge in [0, 0.05) is 23.3 Å². The Labute approximate surface area is 168 Å². The van der Waals surface area contributed by atoms with E-state index in [9.17, 15) is 0 Å². The van der Waals surface area contributed by atoms with E-state index < -0.39 is 0 Å². The zero-order chi connectivity index (χ0) is 19.6. The molecule has 0 atom stereocenters. The minimum atomic E-state index is 0.0457. The summed E-state index contributed by atoms with van der Waals surface area (Å²) in [5, 5.41) is 1.15. The number of anilines is 1. The van der Waals surface area contributed by atoms with Gasteiger partial charge >= 0.3 is 0 Å². The summed E-state index contributed by atoms with van der Waals surface area (Å²) in [6, 6.07) is 20.1. The predicted molar refractivity (Wildman–Crippen MR) is 112 cm³/mol. The van der Waals surface area contributed by atoms with Crippen LogP contribution >= 0.6 is 0 Å². The first-order valence-electron chi connectivity index (χ1n) is 9.53. The van der Waals surface area contributed by atoms with Gasteiger partial charge < -0.3 is 14.4 Å². The number of pyridine rings is 1. The van der Waals surface area contributed by atoms with Crippen LogP contribution in [0.4, 0.5) is 5.82 Å². The van der Waals surface area contributed by atoms with Crippen molar-refractivity contribution in [1.82, 2.24) is 15.0 Å². The molecule has 3 heterocycles. The van der Waals surface area contributed by atoms with E-state index in [1.165, 1.54) is 0 Å². The van der Waals surface area contributed by atoms with Crippen molar-refractivity contribution < 1.29 is 9.47 Å². The number of para-hydroxylation sites is 1. The Bertz CT molecular complexity index is 1160. The monoisotopic (exact) mass is 384 g/mol. The van der Waals surface area contributed by atoms with Gasteiger partial charge in [-0.25, -0.2) is 15.0 Å². The average molecular weight is 384 g/mol. The summed E-state index contributed by atoms with van der Waals surface area (Å²) in [4.78, 5) is 15.8. The number of aromatic nitrogens is 3. The molecule has 2 aromatic heterocycles. The number of benzene rings is 2. The van der Waals surface area contributed by atoms with Gasteiger partial charge in [-0.15, -0.1) is 0 Å². The Morgan fingerprint density at radius 1 is 0.931 bits per heavy atom. The fraction of sp³-hybridized carbons (Fsp3) is 0.174. The van der Waals surface area contributed by atoms with Gasteiger partial charge in [0.2, 0.25) is 5.88 Å². The molecule has 0 saturated carbocycles. The highest BCUT2D eigenvalue weighted by Crippen LogP contribution is 2.31. The van der Waals surface area contributed by atoms with E-state index in [-0.39, 0.29) is 6.10 Å². The molecule has 6 heteroatoms. The van der Waals surface area contributed by atoms with Crippen molar-refractivity contribution in [2.75, 3.05) is 25.1 Å². The second-order valence-corrected chi connectivity index (χ2v) is 6.95. The molecule has 0 N–H and O–H groups in total. The van der Waals surface area contributed by atoms with Crippen LogP contribution < -0.4 is 14.4 Å². The Hall–Kier alpha value is -3.67. The maximum absolute atomic E-state index is 6.16. The lowest BCUT2D eigenvalue weighted by molar-refractivity contribution is 0.160. The van der Waals surface area contributed by atoms with Crippen molar-refractivity contribution in [2.45, 2.75) is 6.10 Å². The molecule has 144 valence electrons. The van der Waals surface area contributed by atoms with Crippen molar-refractivity contribution in [3.8, 4) is 22.9 Å². The SMILES string of the molecule is COc1cccc(-c2nccnc2OC2CN(c3ccc4ccccc4n3)C2)c1. The largest absolute Gasteiger partial charge is 0.497 e. The maximum atomic E-state index is 6.16. The van der Waals surface area contributed by atoms with E-state index in [1.54, 1.807) is 19.5 Å². The molecule has 1 aliphatic rings. The van der Waals surface area contributed by atoms with Gasteiger partial charge in [0.25, 0.3) is 0 Å². The van der Waals surface area contributed by atoms with E-state index in [0.717, 1.165) is 41.1 Å². The van der Waals surface area contributed by atoms with Crippen LogP contribution in [-0.2, 0) is 0 Å². The molecule has 2 aromatic carbocycles. The van der Waals surface area contributed by atoms with E-state index in [2.05, 4.69) is 33.1 Å². The van der Waals surface area contributed by atoms with Gasteiger partial charge in [0.15, 0.2) is 0 Å². The lowest BCUT2D eigenvalue weighted by Gasteiger charge is -2.39. The molecular weight excluding hydrogens is 364 g/mol. The summed E-state index contributed by atoms with van der Waals surface area (Å²) in [5.74, 6) is 2.28. The summed E-state index contributed by atoms with van der Waals surface area (Å²) >= 11 is 0. The van der Waals surface area contributed by atoms with Crippen LogP contribution in [0.3, 0.4) is 0 Å². The van der Waals surface area contributed by atoms with Crippen molar-refractivity contribution >= 4 is 16.7 Å². The highest BCUT2D eigenvalue weighted by Gasteiger charge is 2.31. The Kier molecular flexibility index (Phi) is 4.44. The number of methoxy groups -OCH3 is 1. The molecule has 29 heavy (non-hydrogen) atoms. The fourth-order valence-electron chi connectivity index (χ4n) is 3.47. The summed E-state index contributed by atoms with van der Waals surface area (Å²) in [6.07, 6.45) is 3.37. The molecule has 1 saturated heterocycles. The molecule has 0 spiro atoms. The van der Waals surface area contributed by atoms with Gasteiger partial charge in [-0.1, -0.05) is 30.3 Å². The first-order valence-corrected chi connectivity index (χ1v) is 9.53. The van der Waals surface area contributed by atoms with Crippen molar-refractivity contribution in [2.24, 2.45) is 0 Å². The summed E-state index contributed by atoms with van der Waals surface area (Å²) < 4.78 is 11.5. The summed E-state index contributed by atoms with van der Waals surface area (Å²) in [6.45, 7) is 1.53. The van der Waals surface area contributed by atoms with Gasteiger partial charge in [-0.2, -0.15) is 0 Å². The quantitative estimate of drug-likeness (QED) is 0.519. The predicted octanol–water partition coefficient (Wildman–Crippen LogP) is 3.97. The van der Waals surface area contributed by atoms with Crippen molar-refractivity contribution in [3.05, 3.63) is 73.1 Å². The Morgan fingerprint density at radius 3 is 2.69 bits per heavy atom. The molecular formula is C23H20N4O2. The van der Waals surface area contributed by atoms with Crippen LogP contribution in [0, 0.1) is 0 Å². The Balaban J connectivity index is 1.31. The van der Waals surface area contributed by atoms with Crippen molar-refractivity contribution in [1.29, 1.82) is 0 Å². The molecule has 0 bridgehead atoms. The lowest BCUT2D eigenvalue weighted by Crippen LogP contribution is -2.54. The normalized spacial score (nSPS) is 13.9. The van der Waals surface area contributed by atoms with Crippen LogP contribution in [0.5, 0.6) is 11.6 Å². The van der Waals surface area contributed by atoms with Crippen LogP contribution in [0.15, 0.2) is 73.1 Å². The molecule has 0 amide bonds. The fourth-order valence-corrected chi connectivity index (χ4v) is 3.47. The van der Waals surface area contributed by atoms with Crippen molar-refractivity contribution in [3.63, 3.8) is 0 Å². The number of rotatable bonds is 5. The van der Waals surface area contributed by atoms with Gasteiger partial charge in [0.1, 0.15) is 23.4 Å². The number of hydrogen-bond donors (Lipinski definition) is 0. The first kappa shape index (κ1) is 17.4. The molecule has 0 aliphatic carbocycles. The minimum absolute atomic E-state index is 0.0457. The average Bonchev–Trinajstić information content (AvgIpc) is 2.76. The van der Waals surface area contributed by atoms with Gasteiger partial charge in [-0.3, -0.25) is 0 Å². The standard InChI is InChI=1S/C23H20N4O2/c1-28-18-7-4-6-17(13-18)22-23(25-12-11-24-22)29-19-14-27(15-19)21-10-9-16-5-2-3-8-20(16)26-21/h2-13,19H,14-15H2,1H3. The van der Waals surface area contributed by atoms with E-state index >= 15 is 0 Å². The lowest BCUT2D eigenvalue weighted by atomic mass is 10.1. The third-order valence-corrected chi connectivity index (χ3v) is 5.04. The smallest absolute Gasteiger partial charge is 0.240 e. The molecule has 6 nitrogen and oxygen atoms in total. The second kappa shape index (κ2) is 7.39. The zero-order valence-electron chi connectivity index (χ0n) is 16.0.